The molecule has 0 atom stereocenters. The van der Waals surface area contributed by atoms with Crippen LogP contribution in [-0.2, 0) is 10.0 Å². The minimum absolute atomic E-state index is 0.133. The van der Waals surface area contributed by atoms with Gasteiger partial charge in [-0.3, -0.25) is 10.1 Å². The van der Waals surface area contributed by atoms with E-state index < -0.39 is 43.5 Å². The standard InChI is InChI=1S/C6H4F3N3O4S/c7-2-1-11-3(6(8)9)4(12(13)14)5(2)17(10,15)16/h1,6H,(H2,10,15,16). The van der Waals surface area contributed by atoms with Gasteiger partial charge in [-0.25, -0.2) is 31.7 Å². The zero-order valence-electron chi connectivity index (χ0n) is 7.80. The highest BCUT2D eigenvalue weighted by molar-refractivity contribution is 7.89. The van der Waals surface area contributed by atoms with Gasteiger partial charge in [-0.1, -0.05) is 0 Å². The van der Waals surface area contributed by atoms with Crippen molar-refractivity contribution in [2.75, 3.05) is 0 Å². The number of alkyl halides is 2. The van der Waals surface area contributed by atoms with Gasteiger partial charge in [0.05, 0.1) is 11.1 Å². The molecule has 0 aliphatic carbocycles. The van der Waals surface area contributed by atoms with Crippen molar-refractivity contribution in [3.05, 3.63) is 27.8 Å². The van der Waals surface area contributed by atoms with Crippen molar-refractivity contribution in [2.24, 2.45) is 5.14 Å². The molecule has 1 aromatic heterocycles. The quantitative estimate of drug-likeness (QED) is 0.642. The van der Waals surface area contributed by atoms with Gasteiger partial charge in [-0.2, -0.15) is 0 Å². The molecule has 0 saturated carbocycles. The molecule has 0 bridgehead atoms. The van der Waals surface area contributed by atoms with Crippen molar-refractivity contribution >= 4 is 15.7 Å². The lowest BCUT2D eigenvalue weighted by Crippen LogP contribution is -2.18. The summed E-state index contributed by atoms with van der Waals surface area (Å²) in [5.74, 6) is -1.66. The van der Waals surface area contributed by atoms with Gasteiger partial charge >= 0.3 is 5.69 Å². The van der Waals surface area contributed by atoms with Crippen LogP contribution in [0.3, 0.4) is 0 Å². The molecule has 1 heterocycles. The number of sulfonamides is 1. The molecule has 0 radical (unpaired) electrons. The van der Waals surface area contributed by atoms with Crippen molar-refractivity contribution in [2.45, 2.75) is 11.3 Å². The maximum absolute atomic E-state index is 13.1. The van der Waals surface area contributed by atoms with E-state index in [0.29, 0.717) is 0 Å². The number of rotatable bonds is 3. The average Bonchev–Trinajstić information content (AvgIpc) is 2.14. The predicted molar refractivity (Wildman–Crippen MR) is 47.2 cm³/mol. The smallest absolute Gasteiger partial charge is 0.258 e. The lowest BCUT2D eigenvalue weighted by atomic mass is 10.3. The Morgan fingerprint density at radius 1 is 1.47 bits per heavy atom. The van der Waals surface area contributed by atoms with Gasteiger partial charge in [0, 0.05) is 0 Å². The maximum Gasteiger partial charge on any atom is 0.319 e. The highest BCUT2D eigenvalue weighted by Crippen LogP contribution is 2.33. The van der Waals surface area contributed by atoms with E-state index >= 15 is 0 Å². The Bertz CT molecular complexity index is 574. The number of nitrogens with zero attached hydrogens (tertiary/aromatic N) is 2. The van der Waals surface area contributed by atoms with Crippen molar-refractivity contribution in [3.63, 3.8) is 0 Å². The van der Waals surface area contributed by atoms with Crippen LogP contribution < -0.4 is 5.14 Å². The molecule has 17 heavy (non-hydrogen) atoms. The first-order valence-corrected chi connectivity index (χ1v) is 5.34. The number of pyridine rings is 1. The van der Waals surface area contributed by atoms with Gasteiger partial charge in [-0.15, -0.1) is 0 Å². The zero-order chi connectivity index (χ0) is 13.4. The van der Waals surface area contributed by atoms with Gasteiger partial charge in [0.2, 0.25) is 10.0 Å². The van der Waals surface area contributed by atoms with Crippen molar-refractivity contribution in [1.29, 1.82) is 0 Å². The van der Waals surface area contributed by atoms with Crippen LogP contribution in [0.2, 0.25) is 0 Å². The first-order chi connectivity index (χ1) is 7.66. The third-order valence-electron chi connectivity index (χ3n) is 1.67. The second kappa shape index (κ2) is 4.25. The van der Waals surface area contributed by atoms with E-state index in [1.54, 1.807) is 0 Å². The molecule has 0 spiro atoms. The molecule has 1 aromatic rings. The molecule has 0 amide bonds. The molecule has 0 aliphatic rings. The number of hydrogen-bond acceptors (Lipinski definition) is 5. The molecule has 0 aliphatic heterocycles. The predicted octanol–water partition coefficient (Wildman–Crippen LogP) is 0.714. The highest BCUT2D eigenvalue weighted by Gasteiger charge is 2.35. The third-order valence-corrected chi connectivity index (χ3v) is 2.62. The van der Waals surface area contributed by atoms with E-state index in [2.05, 4.69) is 10.1 Å². The topological polar surface area (TPSA) is 116 Å². The first kappa shape index (κ1) is 13.3. The molecule has 7 nitrogen and oxygen atoms in total. The van der Waals surface area contributed by atoms with Gasteiger partial charge in [-0.05, 0) is 0 Å². The van der Waals surface area contributed by atoms with Crippen LogP contribution in [0.4, 0.5) is 18.9 Å². The van der Waals surface area contributed by atoms with E-state index in [1.165, 1.54) is 0 Å². The molecule has 0 aromatic carbocycles. The normalized spacial score (nSPS) is 11.8. The Kier molecular flexibility index (Phi) is 3.33. The second-order valence-corrected chi connectivity index (χ2v) is 4.27. The van der Waals surface area contributed by atoms with Crippen molar-refractivity contribution < 1.29 is 26.5 Å². The van der Waals surface area contributed by atoms with E-state index in [4.69, 9.17) is 0 Å². The van der Waals surface area contributed by atoms with Crippen LogP contribution in [0.25, 0.3) is 0 Å². The molecule has 11 heteroatoms. The Morgan fingerprint density at radius 2 is 2.00 bits per heavy atom. The zero-order valence-corrected chi connectivity index (χ0v) is 8.62. The Balaban J connectivity index is 3.80. The van der Waals surface area contributed by atoms with Crippen LogP contribution in [-0.4, -0.2) is 18.3 Å². The summed E-state index contributed by atoms with van der Waals surface area (Å²) < 4.78 is 59.6. The number of hydrogen-bond donors (Lipinski definition) is 1. The summed E-state index contributed by atoms with van der Waals surface area (Å²) in [7, 11) is -4.86. The molecule has 0 unspecified atom stereocenters. The fourth-order valence-electron chi connectivity index (χ4n) is 1.08. The Morgan fingerprint density at radius 3 is 2.35 bits per heavy atom. The number of primary sulfonamides is 1. The fourth-order valence-corrected chi connectivity index (χ4v) is 1.86. The second-order valence-electron chi connectivity index (χ2n) is 2.77. The highest BCUT2D eigenvalue weighted by atomic mass is 32.2. The molecule has 1 rings (SSSR count). The minimum Gasteiger partial charge on any atom is -0.258 e. The van der Waals surface area contributed by atoms with Crippen molar-refractivity contribution in [1.82, 2.24) is 4.98 Å². The van der Waals surface area contributed by atoms with Gasteiger partial charge in [0.1, 0.15) is 0 Å². The van der Waals surface area contributed by atoms with Crippen LogP contribution in [0, 0.1) is 15.9 Å². The van der Waals surface area contributed by atoms with E-state index in [-0.39, 0.29) is 6.20 Å². The molecular formula is C6H4F3N3O4S. The molecule has 94 valence electrons. The van der Waals surface area contributed by atoms with E-state index in [9.17, 15) is 31.7 Å². The summed E-state index contributed by atoms with van der Waals surface area (Å²) in [6, 6.07) is 0. The lowest BCUT2D eigenvalue weighted by Gasteiger charge is -2.05. The summed E-state index contributed by atoms with van der Waals surface area (Å²) >= 11 is 0. The average molecular weight is 271 g/mol. The largest absolute Gasteiger partial charge is 0.319 e. The number of aromatic nitrogens is 1. The van der Waals surface area contributed by atoms with E-state index in [0.717, 1.165) is 0 Å². The summed E-state index contributed by atoms with van der Waals surface area (Å²) in [5, 5.41) is 15.0. The molecule has 0 saturated heterocycles. The number of nitrogens with two attached hydrogens (primary N) is 1. The van der Waals surface area contributed by atoms with Gasteiger partial charge in [0.15, 0.2) is 16.4 Å². The lowest BCUT2D eigenvalue weighted by molar-refractivity contribution is -0.390. The number of nitro groups is 1. The summed E-state index contributed by atoms with van der Waals surface area (Å²) in [6.07, 6.45) is -3.30. The third kappa shape index (κ3) is 2.50. The van der Waals surface area contributed by atoms with Gasteiger partial charge in [0.25, 0.3) is 6.43 Å². The first-order valence-electron chi connectivity index (χ1n) is 3.80. The summed E-state index contributed by atoms with van der Waals surface area (Å²) in [6.45, 7) is 0. The number of halogens is 3. The Labute approximate surface area is 92.3 Å². The molecule has 2 N–H and O–H groups in total. The SMILES string of the molecule is NS(=O)(=O)c1c(F)cnc(C(F)F)c1[N+](=O)[O-]. The van der Waals surface area contributed by atoms with Crippen LogP contribution in [0.1, 0.15) is 12.1 Å². The van der Waals surface area contributed by atoms with Gasteiger partial charge < -0.3 is 0 Å². The summed E-state index contributed by atoms with van der Waals surface area (Å²) in [5.41, 5.74) is -3.11. The molecular weight excluding hydrogens is 267 g/mol. The molecule has 0 fully saturated rings. The van der Waals surface area contributed by atoms with E-state index in [1.807, 2.05) is 0 Å². The van der Waals surface area contributed by atoms with Crippen LogP contribution >= 0.6 is 0 Å². The monoisotopic (exact) mass is 271 g/mol. The van der Waals surface area contributed by atoms with Crippen LogP contribution in [0.5, 0.6) is 0 Å². The summed E-state index contributed by atoms with van der Waals surface area (Å²) in [4.78, 5) is 10.2. The maximum atomic E-state index is 13.1. The van der Waals surface area contributed by atoms with Crippen LogP contribution in [0.15, 0.2) is 11.1 Å². The fraction of sp³-hybridized carbons (Fsp3) is 0.167. The Hall–Kier alpha value is -1.75. The minimum atomic E-state index is -4.86. The van der Waals surface area contributed by atoms with Crippen molar-refractivity contribution in [3.8, 4) is 0 Å².